The Labute approximate surface area is 87.0 Å². The summed E-state index contributed by atoms with van der Waals surface area (Å²) in [7, 11) is -3.13. The minimum Gasteiger partial charge on any atom is -0.396 e. The summed E-state index contributed by atoms with van der Waals surface area (Å²) in [5.41, 5.74) is 0. The SMILES string of the molecule is CCCCN(CC)S(=O)(=O)CCCO. The van der Waals surface area contributed by atoms with E-state index < -0.39 is 10.0 Å². The van der Waals surface area contributed by atoms with Crippen molar-refractivity contribution in [3.63, 3.8) is 0 Å². The van der Waals surface area contributed by atoms with Gasteiger partial charge in [-0.15, -0.1) is 0 Å². The third kappa shape index (κ3) is 4.93. The molecule has 1 N–H and O–H groups in total. The van der Waals surface area contributed by atoms with Gasteiger partial charge < -0.3 is 5.11 Å². The van der Waals surface area contributed by atoms with Gasteiger partial charge in [-0.25, -0.2) is 12.7 Å². The predicted octanol–water partition coefficient (Wildman–Crippen LogP) is 0.821. The van der Waals surface area contributed by atoms with Gasteiger partial charge in [0.1, 0.15) is 0 Å². The summed E-state index contributed by atoms with van der Waals surface area (Å²) < 4.78 is 24.8. The Bertz CT molecular complexity index is 226. The van der Waals surface area contributed by atoms with Crippen LogP contribution in [0.1, 0.15) is 33.1 Å². The number of hydrogen-bond acceptors (Lipinski definition) is 3. The molecule has 0 aromatic carbocycles. The summed E-state index contributed by atoms with van der Waals surface area (Å²) >= 11 is 0. The standard InChI is InChI=1S/C9H21NO3S/c1-3-5-7-10(4-2)14(12,13)9-6-8-11/h11H,3-9H2,1-2H3. The lowest BCUT2D eigenvalue weighted by molar-refractivity contribution is 0.294. The van der Waals surface area contributed by atoms with Gasteiger partial charge in [0.05, 0.1) is 5.75 Å². The highest BCUT2D eigenvalue weighted by Gasteiger charge is 2.18. The molecule has 0 radical (unpaired) electrons. The summed E-state index contributed by atoms with van der Waals surface area (Å²) in [6.45, 7) is 4.93. The second-order valence-corrected chi connectivity index (χ2v) is 5.33. The molecule has 5 heteroatoms. The minimum absolute atomic E-state index is 0.0566. The van der Waals surface area contributed by atoms with Crippen molar-refractivity contribution in [2.45, 2.75) is 33.1 Å². The molecule has 0 rings (SSSR count). The zero-order valence-electron chi connectivity index (χ0n) is 9.07. The van der Waals surface area contributed by atoms with Gasteiger partial charge in [0.2, 0.25) is 10.0 Å². The van der Waals surface area contributed by atoms with E-state index in [9.17, 15) is 8.42 Å². The first-order chi connectivity index (χ1) is 6.58. The molecule has 0 saturated heterocycles. The van der Waals surface area contributed by atoms with Crippen molar-refractivity contribution in [2.24, 2.45) is 0 Å². The van der Waals surface area contributed by atoms with Crippen LogP contribution in [0, 0.1) is 0 Å². The number of hydrogen-bond donors (Lipinski definition) is 1. The van der Waals surface area contributed by atoms with E-state index >= 15 is 0 Å². The van der Waals surface area contributed by atoms with E-state index in [-0.39, 0.29) is 12.4 Å². The maximum atomic E-state index is 11.6. The van der Waals surface area contributed by atoms with Crippen molar-refractivity contribution in [1.29, 1.82) is 0 Å². The summed E-state index contributed by atoms with van der Waals surface area (Å²) in [6, 6.07) is 0. The third-order valence-corrected chi connectivity index (χ3v) is 4.10. The number of rotatable bonds is 8. The highest BCUT2D eigenvalue weighted by atomic mass is 32.2. The maximum Gasteiger partial charge on any atom is 0.214 e. The molecule has 0 aliphatic heterocycles. The number of aliphatic hydroxyl groups is 1. The van der Waals surface area contributed by atoms with Crippen molar-refractivity contribution in [3.05, 3.63) is 0 Å². The molecule has 0 unspecified atom stereocenters. The molecule has 0 aromatic heterocycles. The molecule has 0 spiro atoms. The highest BCUT2D eigenvalue weighted by molar-refractivity contribution is 7.89. The second-order valence-electron chi connectivity index (χ2n) is 3.24. The lowest BCUT2D eigenvalue weighted by Crippen LogP contribution is -2.34. The molecule has 0 saturated carbocycles. The van der Waals surface area contributed by atoms with Crippen LogP contribution in [0.4, 0.5) is 0 Å². The van der Waals surface area contributed by atoms with Crippen molar-refractivity contribution >= 4 is 10.0 Å². The molecule has 86 valence electrons. The van der Waals surface area contributed by atoms with Crippen molar-refractivity contribution in [2.75, 3.05) is 25.4 Å². The van der Waals surface area contributed by atoms with Crippen LogP contribution in [0.3, 0.4) is 0 Å². The van der Waals surface area contributed by atoms with E-state index in [1.807, 2.05) is 13.8 Å². The first-order valence-corrected chi connectivity index (χ1v) is 6.78. The fourth-order valence-corrected chi connectivity index (χ4v) is 2.76. The lowest BCUT2D eigenvalue weighted by atomic mass is 10.3. The molecule has 0 aliphatic carbocycles. The molecule has 0 heterocycles. The van der Waals surface area contributed by atoms with Crippen LogP contribution in [-0.4, -0.2) is 43.3 Å². The lowest BCUT2D eigenvalue weighted by Gasteiger charge is -2.19. The van der Waals surface area contributed by atoms with E-state index in [2.05, 4.69) is 0 Å². The summed E-state index contributed by atoms with van der Waals surface area (Å²) in [4.78, 5) is 0. The maximum absolute atomic E-state index is 11.6. The van der Waals surface area contributed by atoms with E-state index in [0.717, 1.165) is 12.8 Å². The Kier molecular flexibility index (Phi) is 7.13. The zero-order chi connectivity index (χ0) is 11.0. The molecule has 0 fully saturated rings. The quantitative estimate of drug-likeness (QED) is 0.663. The molecule has 4 nitrogen and oxygen atoms in total. The first kappa shape index (κ1) is 13.9. The monoisotopic (exact) mass is 223 g/mol. The zero-order valence-corrected chi connectivity index (χ0v) is 9.89. The van der Waals surface area contributed by atoms with Gasteiger partial charge in [0.25, 0.3) is 0 Å². The molecule has 0 bridgehead atoms. The van der Waals surface area contributed by atoms with Crippen LogP contribution in [-0.2, 0) is 10.0 Å². The number of nitrogens with zero attached hydrogens (tertiary/aromatic N) is 1. The van der Waals surface area contributed by atoms with Gasteiger partial charge >= 0.3 is 0 Å². The number of aliphatic hydroxyl groups excluding tert-OH is 1. The number of sulfonamides is 1. The Morgan fingerprint density at radius 1 is 1.21 bits per heavy atom. The smallest absolute Gasteiger partial charge is 0.214 e. The highest BCUT2D eigenvalue weighted by Crippen LogP contribution is 2.05. The Morgan fingerprint density at radius 3 is 2.29 bits per heavy atom. The van der Waals surface area contributed by atoms with Gasteiger partial charge in [-0.3, -0.25) is 0 Å². The van der Waals surface area contributed by atoms with Gasteiger partial charge in [0, 0.05) is 19.7 Å². The largest absolute Gasteiger partial charge is 0.396 e. The van der Waals surface area contributed by atoms with Crippen molar-refractivity contribution in [3.8, 4) is 0 Å². The van der Waals surface area contributed by atoms with Crippen LogP contribution in [0.15, 0.2) is 0 Å². The Hall–Kier alpha value is -0.130. The normalized spacial score (nSPS) is 12.3. The molecule has 14 heavy (non-hydrogen) atoms. The molecule has 0 aliphatic rings. The predicted molar refractivity (Wildman–Crippen MR) is 57.6 cm³/mol. The van der Waals surface area contributed by atoms with Crippen LogP contribution >= 0.6 is 0 Å². The van der Waals surface area contributed by atoms with Crippen LogP contribution in [0.2, 0.25) is 0 Å². The van der Waals surface area contributed by atoms with Gasteiger partial charge in [-0.1, -0.05) is 20.3 Å². The second kappa shape index (κ2) is 7.20. The van der Waals surface area contributed by atoms with E-state index in [1.165, 1.54) is 4.31 Å². The summed E-state index contributed by atoms with van der Waals surface area (Å²) in [5.74, 6) is 0.0566. The van der Waals surface area contributed by atoms with E-state index in [4.69, 9.17) is 5.11 Å². The third-order valence-electron chi connectivity index (χ3n) is 2.07. The topological polar surface area (TPSA) is 57.6 Å². The molecule has 0 amide bonds. The van der Waals surface area contributed by atoms with Gasteiger partial charge in [-0.05, 0) is 12.8 Å². The number of unbranched alkanes of at least 4 members (excludes halogenated alkanes) is 1. The first-order valence-electron chi connectivity index (χ1n) is 5.17. The average Bonchev–Trinajstić information content (AvgIpc) is 2.16. The average molecular weight is 223 g/mol. The van der Waals surface area contributed by atoms with E-state index in [0.29, 0.717) is 19.5 Å². The minimum atomic E-state index is -3.13. The van der Waals surface area contributed by atoms with Gasteiger partial charge in [0.15, 0.2) is 0 Å². The Morgan fingerprint density at radius 2 is 1.86 bits per heavy atom. The van der Waals surface area contributed by atoms with Crippen molar-refractivity contribution in [1.82, 2.24) is 4.31 Å². The fourth-order valence-electron chi connectivity index (χ4n) is 1.20. The fraction of sp³-hybridized carbons (Fsp3) is 1.00. The Balaban J connectivity index is 4.19. The molecular formula is C9H21NO3S. The van der Waals surface area contributed by atoms with Gasteiger partial charge in [-0.2, -0.15) is 0 Å². The van der Waals surface area contributed by atoms with E-state index in [1.54, 1.807) is 0 Å². The van der Waals surface area contributed by atoms with Crippen LogP contribution in [0.5, 0.6) is 0 Å². The van der Waals surface area contributed by atoms with Crippen molar-refractivity contribution < 1.29 is 13.5 Å². The van der Waals surface area contributed by atoms with Crippen LogP contribution < -0.4 is 0 Å². The molecule has 0 aromatic rings. The summed E-state index contributed by atoms with van der Waals surface area (Å²) in [6.07, 6.45) is 2.21. The van der Waals surface area contributed by atoms with Crippen LogP contribution in [0.25, 0.3) is 0 Å². The summed E-state index contributed by atoms with van der Waals surface area (Å²) in [5, 5.41) is 8.58. The molecule has 0 atom stereocenters. The molecular weight excluding hydrogens is 202 g/mol.